The monoisotopic (exact) mass is 316 g/mol. The van der Waals surface area contributed by atoms with Crippen LogP contribution in [0.4, 0.5) is 0 Å². The zero-order valence-corrected chi connectivity index (χ0v) is 12.1. The Balaban J connectivity index is 1.63. The van der Waals surface area contributed by atoms with Gasteiger partial charge in [-0.2, -0.15) is 0 Å². The molecule has 2 heterocycles. The third-order valence-corrected chi connectivity index (χ3v) is 4.72. The Kier molecular flexibility index (Phi) is 5.00. The zero-order valence-electron chi connectivity index (χ0n) is 9.67. The molecule has 2 rings (SSSR count). The Morgan fingerprint density at radius 3 is 3.18 bits per heavy atom. The van der Waals surface area contributed by atoms with Gasteiger partial charge in [0.1, 0.15) is 0 Å². The lowest BCUT2D eigenvalue weighted by atomic mass is 10.0. The summed E-state index contributed by atoms with van der Waals surface area (Å²) in [7, 11) is 0. The number of hydrogen-bond acceptors (Lipinski definition) is 3. The average molecular weight is 317 g/mol. The van der Waals surface area contributed by atoms with Gasteiger partial charge in [0.15, 0.2) is 0 Å². The normalized spacial score (nSPS) is 19.5. The second-order valence-corrected chi connectivity index (χ2v) is 6.32. The number of amides is 1. The first-order chi connectivity index (χ1) is 8.24. The van der Waals surface area contributed by atoms with Crippen LogP contribution in [0.2, 0.25) is 0 Å². The molecule has 1 unspecified atom stereocenters. The summed E-state index contributed by atoms with van der Waals surface area (Å²) in [6.45, 7) is 2.83. The fourth-order valence-electron chi connectivity index (χ4n) is 2.02. The van der Waals surface area contributed by atoms with Crippen LogP contribution in [0.1, 0.15) is 24.1 Å². The second-order valence-electron chi connectivity index (χ2n) is 4.41. The van der Waals surface area contributed by atoms with Crippen LogP contribution in [-0.2, 0) is 11.3 Å². The quantitative estimate of drug-likeness (QED) is 0.876. The first-order valence-corrected chi connectivity index (χ1v) is 7.61. The van der Waals surface area contributed by atoms with E-state index in [1.807, 2.05) is 11.4 Å². The predicted octanol–water partition coefficient (Wildman–Crippen LogP) is 2.52. The lowest BCUT2D eigenvalue weighted by Gasteiger charge is -2.07. The van der Waals surface area contributed by atoms with E-state index in [9.17, 15) is 4.79 Å². The van der Waals surface area contributed by atoms with Crippen molar-refractivity contribution in [2.45, 2.75) is 25.8 Å². The standard InChI is InChI=1S/C12H17BrN2OS/c13-10-5-11(17-8-10)7-15-12(16)2-1-9-3-4-14-6-9/h5,8-9,14H,1-4,6-7H2,(H,15,16). The molecule has 0 aliphatic carbocycles. The molecular formula is C12H17BrN2OS. The Labute approximate surface area is 114 Å². The fraction of sp³-hybridized carbons (Fsp3) is 0.583. The molecule has 1 aromatic heterocycles. The van der Waals surface area contributed by atoms with E-state index >= 15 is 0 Å². The largest absolute Gasteiger partial charge is 0.351 e. The van der Waals surface area contributed by atoms with Gasteiger partial charge in [0.05, 0.1) is 6.54 Å². The van der Waals surface area contributed by atoms with Crippen molar-refractivity contribution >= 4 is 33.2 Å². The molecule has 0 aromatic carbocycles. The van der Waals surface area contributed by atoms with Gasteiger partial charge in [-0.05, 0) is 53.8 Å². The molecular weight excluding hydrogens is 300 g/mol. The Morgan fingerprint density at radius 1 is 1.65 bits per heavy atom. The fourth-order valence-corrected chi connectivity index (χ4v) is 3.41. The molecule has 0 radical (unpaired) electrons. The van der Waals surface area contributed by atoms with E-state index in [1.165, 1.54) is 11.3 Å². The highest BCUT2D eigenvalue weighted by molar-refractivity contribution is 9.10. The van der Waals surface area contributed by atoms with E-state index in [0.29, 0.717) is 18.9 Å². The number of carbonyl (C=O) groups excluding carboxylic acids is 1. The van der Waals surface area contributed by atoms with E-state index in [4.69, 9.17) is 0 Å². The van der Waals surface area contributed by atoms with Crippen LogP contribution in [-0.4, -0.2) is 19.0 Å². The molecule has 5 heteroatoms. The molecule has 1 aliphatic heterocycles. The van der Waals surface area contributed by atoms with Gasteiger partial charge < -0.3 is 10.6 Å². The summed E-state index contributed by atoms with van der Waals surface area (Å²) in [6.07, 6.45) is 2.87. The first kappa shape index (κ1) is 13.1. The van der Waals surface area contributed by atoms with Crippen LogP contribution in [0, 0.1) is 5.92 Å². The number of carbonyl (C=O) groups is 1. The van der Waals surface area contributed by atoms with Crippen molar-refractivity contribution in [1.29, 1.82) is 0 Å². The van der Waals surface area contributed by atoms with Crippen molar-refractivity contribution in [1.82, 2.24) is 10.6 Å². The van der Waals surface area contributed by atoms with Crippen LogP contribution < -0.4 is 10.6 Å². The molecule has 94 valence electrons. The summed E-state index contributed by atoms with van der Waals surface area (Å²) in [6, 6.07) is 2.05. The van der Waals surface area contributed by atoms with Gasteiger partial charge in [-0.3, -0.25) is 4.79 Å². The van der Waals surface area contributed by atoms with Crippen LogP contribution in [0.15, 0.2) is 15.9 Å². The van der Waals surface area contributed by atoms with Crippen molar-refractivity contribution in [3.8, 4) is 0 Å². The zero-order chi connectivity index (χ0) is 12.1. The Morgan fingerprint density at radius 2 is 2.53 bits per heavy atom. The summed E-state index contributed by atoms with van der Waals surface area (Å²) in [4.78, 5) is 12.8. The summed E-state index contributed by atoms with van der Waals surface area (Å²) < 4.78 is 1.09. The van der Waals surface area contributed by atoms with E-state index in [2.05, 4.69) is 26.6 Å². The molecule has 0 saturated carbocycles. The maximum absolute atomic E-state index is 11.6. The highest BCUT2D eigenvalue weighted by atomic mass is 79.9. The smallest absolute Gasteiger partial charge is 0.220 e. The van der Waals surface area contributed by atoms with Crippen molar-refractivity contribution < 1.29 is 4.79 Å². The van der Waals surface area contributed by atoms with Crippen LogP contribution in [0.5, 0.6) is 0 Å². The minimum Gasteiger partial charge on any atom is -0.351 e. The molecule has 0 spiro atoms. The minimum atomic E-state index is 0.168. The van der Waals surface area contributed by atoms with Crippen molar-refractivity contribution in [2.24, 2.45) is 5.92 Å². The second kappa shape index (κ2) is 6.52. The molecule has 2 N–H and O–H groups in total. The van der Waals surface area contributed by atoms with Crippen LogP contribution in [0.25, 0.3) is 0 Å². The predicted molar refractivity (Wildman–Crippen MR) is 74.1 cm³/mol. The molecule has 17 heavy (non-hydrogen) atoms. The topological polar surface area (TPSA) is 41.1 Å². The van der Waals surface area contributed by atoms with E-state index in [-0.39, 0.29) is 5.91 Å². The SMILES string of the molecule is O=C(CCC1CCNC1)NCc1cc(Br)cs1. The lowest BCUT2D eigenvalue weighted by Crippen LogP contribution is -2.23. The van der Waals surface area contributed by atoms with Gasteiger partial charge in [-0.15, -0.1) is 11.3 Å². The van der Waals surface area contributed by atoms with Gasteiger partial charge in [0.25, 0.3) is 0 Å². The average Bonchev–Trinajstić information content (AvgIpc) is 2.95. The van der Waals surface area contributed by atoms with Crippen LogP contribution >= 0.6 is 27.3 Å². The molecule has 1 aliphatic rings. The van der Waals surface area contributed by atoms with Crippen molar-refractivity contribution in [3.63, 3.8) is 0 Å². The summed E-state index contributed by atoms with van der Waals surface area (Å²) in [5.41, 5.74) is 0. The number of hydrogen-bond donors (Lipinski definition) is 2. The van der Waals surface area contributed by atoms with E-state index < -0.39 is 0 Å². The maximum Gasteiger partial charge on any atom is 0.220 e. The summed E-state index contributed by atoms with van der Waals surface area (Å²) >= 11 is 5.07. The highest BCUT2D eigenvalue weighted by Crippen LogP contribution is 2.19. The van der Waals surface area contributed by atoms with Crippen molar-refractivity contribution in [2.75, 3.05) is 13.1 Å². The highest BCUT2D eigenvalue weighted by Gasteiger charge is 2.15. The number of halogens is 1. The van der Waals surface area contributed by atoms with E-state index in [0.717, 1.165) is 24.0 Å². The van der Waals surface area contributed by atoms with Gasteiger partial charge >= 0.3 is 0 Å². The van der Waals surface area contributed by atoms with Crippen molar-refractivity contribution in [3.05, 3.63) is 20.8 Å². The first-order valence-electron chi connectivity index (χ1n) is 5.94. The minimum absolute atomic E-state index is 0.168. The van der Waals surface area contributed by atoms with Gasteiger partial charge in [0, 0.05) is 21.2 Å². The van der Waals surface area contributed by atoms with Gasteiger partial charge in [0.2, 0.25) is 5.91 Å². The molecule has 3 nitrogen and oxygen atoms in total. The third-order valence-electron chi connectivity index (χ3n) is 3.02. The number of rotatable bonds is 5. The van der Waals surface area contributed by atoms with Gasteiger partial charge in [-0.1, -0.05) is 0 Å². The summed E-state index contributed by atoms with van der Waals surface area (Å²) in [5.74, 6) is 0.859. The lowest BCUT2D eigenvalue weighted by molar-refractivity contribution is -0.121. The van der Waals surface area contributed by atoms with Gasteiger partial charge in [-0.25, -0.2) is 0 Å². The van der Waals surface area contributed by atoms with Crippen LogP contribution in [0.3, 0.4) is 0 Å². The number of thiophene rings is 1. The molecule has 1 saturated heterocycles. The van der Waals surface area contributed by atoms with E-state index in [1.54, 1.807) is 11.3 Å². The molecule has 1 atom stereocenters. The summed E-state index contributed by atoms with van der Waals surface area (Å²) in [5, 5.41) is 8.32. The maximum atomic E-state index is 11.6. The molecule has 1 fully saturated rings. The number of nitrogens with one attached hydrogen (secondary N) is 2. The Hall–Kier alpha value is -0.390. The molecule has 1 aromatic rings. The molecule has 1 amide bonds. The molecule has 0 bridgehead atoms. The Bertz CT molecular complexity index is 374. The third kappa shape index (κ3) is 4.41.